The number of hydrogen-bond donors (Lipinski definition) is 0. The number of nitro benzene ring substituents is 1. The molecule has 0 spiro atoms. The molecule has 0 bridgehead atoms. The van der Waals surface area contributed by atoms with Crippen molar-refractivity contribution in [3.8, 4) is 11.1 Å². The molecule has 0 fully saturated rings. The summed E-state index contributed by atoms with van der Waals surface area (Å²) in [5, 5.41) is 15.2. The van der Waals surface area contributed by atoms with Crippen molar-refractivity contribution in [2.75, 3.05) is 17.6 Å². The summed E-state index contributed by atoms with van der Waals surface area (Å²) >= 11 is 0. The maximum Gasteiger partial charge on any atom is 0.294 e. The van der Waals surface area contributed by atoms with Crippen molar-refractivity contribution < 1.29 is 13.3 Å². The second-order valence-electron chi connectivity index (χ2n) is 4.56. The molecule has 1 aromatic heterocycles. The first-order chi connectivity index (χ1) is 9.71. The second-order valence-corrected chi connectivity index (χ2v) is 6.58. The number of benzene rings is 1. The first-order valence-electron chi connectivity index (χ1n) is 5.92. The lowest BCUT2D eigenvalue weighted by molar-refractivity contribution is -0.384. The Morgan fingerprint density at radius 2 is 2.05 bits per heavy atom. The number of rotatable bonds is 4. The van der Waals surface area contributed by atoms with Gasteiger partial charge in [-0.25, -0.2) is 8.42 Å². The van der Waals surface area contributed by atoms with Gasteiger partial charge < -0.3 is 0 Å². The molecule has 1 heterocycles. The first-order valence-corrected chi connectivity index (χ1v) is 7.77. The van der Waals surface area contributed by atoms with Crippen LogP contribution in [0.15, 0.2) is 30.6 Å². The Morgan fingerprint density at radius 3 is 2.52 bits per heavy atom. The van der Waals surface area contributed by atoms with Crippen molar-refractivity contribution in [1.29, 1.82) is 0 Å². The van der Waals surface area contributed by atoms with Crippen LogP contribution >= 0.6 is 0 Å². The van der Waals surface area contributed by atoms with Gasteiger partial charge in [0.1, 0.15) is 5.69 Å². The predicted octanol–water partition coefficient (Wildman–Crippen LogP) is 1.39. The highest BCUT2D eigenvalue weighted by Crippen LogP contribution is 2.38. The van der Waals surface area contributed by atoms with E-state index in [-0.39, 0.29) is 11.4 Å². The van der Waals surface area contributed by atoms with Crippen molar-refractivity contribution in [3.63, 3.8) is 0 Å². The predicted molar refractivity (Wildman–Crippen MR) is 78.5 cm³/mol. The minimum Gasteiger partial charge on any atom is -0.275 e. The number of para-hydroxylation sites is 1. The molecule has 0 amide bonds. The summed E-state index contributed by atoms with van der Waals surface area (Å²) in [6.07, 6.45) is 4.19. The van der Waals surface area contributed by atoms with Crippen LogP contribution in [-0.2, 0) is 17.1 Å². The molecule has 0 aliphatic heterocycles. The highest BCUT2D eigenvalue weighted by atomic mass is 32.2. The molecule has 2 rings (SSSR count). The molecule has 9 heteroatoms. The lowest BCUT2D eigenvalue weighted by atomic mass is 10.1. The van der Waals surface area contributed by atoms with Crippen LogP contribution in [0.25, 0.3) is 11.1 Å². The number of anilines is 1. The van der Waals surface area contributed by atoms with Crippen molar-refractivity contribution in [2.45, 2.75) is 0 Å². The van der Waals surface area contributed by atoms with Gasteiger partial charge in [0.15, 0.2) is 0 Å². The van der Waals surface area contributed by atoms with Crippen molar-refractivity contribution >= 4 is 21.4 Å². The molecule has 0 unspecified atom stereocenters. The Labute approximate surface area is 121 Å². The number of aryl methyl sites for hydroxylation is 1. The Bertz CT molecular complexity index is 797. The van der Waals surface area contributed by atoms with E-state index in [0.29, 0.717) is 11.1 Å². The van der Waals surface area contributed by atoms with Gasteiger partial charge in [0.2, 0.25) is 10.0 Å². The van der Waals surface area contributed by atoms with Crippen LogP contribution in [0.3, 0.4) is 0 Å². The number of nitro groups is 1. The molecule has 1 aromatic carbocycles. The Hall–Kier alpha value is -2.42. The van der Waals surface area contributed by atoms with Gasteiger partial charge in [-0.1, -0.05) is 12.1 Å². The Kier molecular flexibility index (Phi) is 3.69. The molecule has 0 aliphatic rings. The van der Waals surface area contributed by atoms with E-state index in [0.717, 1.165) is 10.6 Å². The maximum absolute atomic E-state index is 11.8. The number of nitrogens with zero attached hydrogens (tertiary/aromatic N) is 4. The largest absolute Gasteiger partial charge is 0.294 e. The summed E-state index contributed by atoms with van der Waals surface area (Å²) in [6, 6.07) is 4.41. The van der Waals surface area contributed by atoms with Gasteiger partial charge in [-0.2, -0.15) is 5.10 Å². The molecule has 0 radical (unpaired) electrons. The molecule has 0 saturated heterocycles. The average molecular weight is 310 g/mol. The molecule has 2 aromatic rings. The van der Waals surface area contributed by atoms with E-state index in [9.17, 15) is 18.5 Å². The van der Waals surface area contributed by atoms with Gasteiger partial charge in [-0.3, -0.25) is 19.1 Å². The van der Waals surface area contributed by atoms with Gasteiger partial charge >= 0.3 is 0 Å². The number of sulfonamides is 1. The van der Waals surface area contributed by atoms with Crippen LogP contribution in [0.1, 0.15) is 0 Å². The highest BCUT2D eigenvalue weighted by molar-refractivity contribution is 7.92. The summed E-state index contributed by atoms with van der Waals surface area (Å²) in [4.78, 5) is 10.6. The monoisotopic (exact) mass is 310 g/mol. The fourth-order valence-electron chi connectivity index (χ4n) is 1.97. The zero-order valence-electron chi connectivity index (χ0n) is 11.7. The fraction of sp³-hybridized carbons (Fsp3) is 0.250. The van der Waals surface area contributed by atoms with E-state index in [2.05, 4.69) is 5.10 Å². The van der Waals surface area contributed by atoms with Gasteiger partial charge in [0, 0.05) is 37.5 Å². The number of aromatic nitrogens is 2. The molecule has 0 N–H and O–H groups in total. The molecule has 0 atom stereocenters. The van der Waals surface area contributed by atoms with E-state index in [1.54, 1.807) is 24.0 Å². The standard InChI is InChI=1S/C12H14N4O4S/c1-14-8-9(7-13-14)10-5-4-6-11(16(17)18)12(10)15(2)21(3,19)20/h4-8H,1-3H3. The van der Waals surface area contributed by atoms with Crippen molar-refractivity contribution in [2.24, 2.45) is 7.05 Å². The zero-order valence-corrected chi connectivity index (χ0v) is 12.5. The third-order valence-electron chi connectivity index (χ3n) is 3.04. The SMILES string of the molecule is CN(c1c(-c2cnn(C)c2)cccc1[N+](=O)[O-])S(C)(=O)=O. The molecule has 0 saturated carbocycles. The molecule has 8 nitrogen and oxygen atoms in total. The van der Waals surface area contributed by atoms with E-state index < -0.39 is 14.9 Å². The molecule has 0 aliphatic carbocycles. The van der Waals surface area contributed by atoms with Gasteiger partial charge in [0.05, 0.1) is 17.4 Å². The van der Waals surface area contributed by atoms with Gasteiger partial charge in [-0.15, -0.1) is 0 Å². The molecular weight excluding hydrogens is 296 g/mol. The molecule has 112 valence electrons. The second kappa shape index (κ2) is 5.17. The fourth-order valence-corrected chi connectivity index (χ4v) is 2.49. The van der Waals surface area contributed by atoms with Crippen LogP contribution in [-0.4, -0.2) is 36.4 Å². The Morgan fingerprint density at radius 1 is 1.38 bits per heavy atom. The zero-order chi connectivity index (χ0) is 15.8. The normalized spacial score (nSPS) is 11.4. The number of hydrogen-bond acceptors (Lipinski definition) is 5. The maximum atomic E-state index is 11.8. The van der Waals surface area contributed by atoms with Crippen LogP contribution in [0, 0.1) is 10.1 Å². The minimum atomic E-state index is -3.63. The first kappa shape index (κ1) is 15.0. The molecular formula is C12H14N4O4S. The van der Waals surface area contributed by atoms with E-state index in [1.807, 2.05) is 0 Å². The van der Waals surface area contributed by atoms with E-state index in [4.69, 9.17) is 0 Å². The van der Waals surface area contributed by atoms with Crippen LogP contribution in [0.2, 0.25) is 0 Å². The van der Waals surface area contributed by atoms with Gasteiger partial charge in [-0.05, 0) is 0 Å². The van der Waals surface area contributed by atoms with E-state index >= 15 is 0 Å². The third-order valence-corrected chi connectivity index (χ3v) is 4.22. The lowest BCUT2D eigenvalue weighted by Gasteiger charge is -2.19. The molecule has 21 heavy (non-hydrogen) atoms. The summed E-state index contributed by atoms with van der Waals surface area (Å²) in [7, 11) is -0.636. The quantitative estimate of drug-likeness (QED) is 0.627. The van der Waals surface area contributed by atoms with Crippen molar-refractivity contribution in [1.82, 2.24) is 9.78 Å². The summed E-state index contributed by atoms with van der Waals surface area (Å²) in [6.45, 7) is 0. The topological polar surface area (TPSA) is 98.3 Å². The van der Waals surface area contributed by atoms with E-state index in [1.165, 1.54) is 25.4 Å². The Balaban J connectivity index is 2.77. The highest BCUT2D eigenvalue weighted by Gasteiger charge is 2.26. The summed E-state index contributed by atoms with van der Waals surface area (Å²) in [5.74, 6) is 0. The lowest BCUT2D eigenvalue weighted by Crippen LogP contribution is -2.26. The minimum absolute atomic E-state index is 0.0259. The van der Waals surface area contributed by atoms with Crippen LogP contribution < -0.4 is 4.31 Å². The van der Waals surface area contributed by atoms with Crippen LogP contribution in [0.5, 0.6) is 0 Å². The average Bonchev–Trinajstić information content (AvgIpc) is 2.82. The third kappa shape index (κ3) is 2.87. The van der Waals surface area contributed by atoms with Crippen LogP contribution in [0.4, 0.5) is 11.4 Å². The van der Waals surface area contributed by atoms with Gasteiger partial charge in [0.25, 0.3) is 5.69 Å². The smallest absolute Gasteiger partial charge is 0.275 e. The summed E-state index contributed by atoms with van der Waals surface area (Å²) in [5.41, 5.74) is 0.791. The summed E-state index contributed by atoms with van der Waals surface area (Å²) < 4.78 is 26.0. The van der Waals surface area contributed by atoms with Crippen molar-refractivity contribution in [3.05, 3.63) is 40.7 Å².